The third-order valence-corrected chi connectivity index (χ3v) is 12.1. The van der Waals surface area contributed by atoms with Gasteiger partial charge in [0.15, 0.2) is 6.10 Å². The van der Waals surface area contributed by atoms with Crippen molar-refractivity contribution in [2.45, 2.75) is 119 Å². The van der Waals surface area contributed by atoms with Crippen LogP contribution in [0.15, 0.2) is 11.1 Å². The van der Waals surface area contributed by atoms with E-state index in [1.807, 2.05) is 41.5 Å². The molecule has 0 spiro atoms. The number of aldehydes is 1. The van der Waals surface area contributed by atoms with E-state index in [1.165, 1.54) is 6.92 Å². The molecule has 0 heterocycles. The van der Waals surface area contributed by atoms with Gasteiger partial charge in [0.1, 0.15) is 17.9 Å². The van der Waals surface area contributed by atoms with E-state index in [-0.39, 0.29) is 54.4 Å². The molecule has 41 heavy (non-hydrogen) atoms. The molecule has 2 saturated carbocycles. The highest BCUT2D eigenvalue weighted by atomic mass is 16.5. The largest absolute Gasteiger partial charge is 0.454 e. The molecule has 2 N–H and O–H groups in total. The van der Waals surface area contributed by atoms with Crippen LogP contribution in [0.2, 0.25) is 0 Å². The molecule has 228 valence electrons. The van der Waals surface area contributed by atoms with Gasteiger partial charge in [0.2, 0.25) is 5.78 Å². The molecule has 10 atom stereocenters. The van der Waals surface area contributed by atoms with Crippen molar-refractivity contribution in [3.63, 3.8) is 0 Å². The molecule has 4 aliphatic carbocycles. The molecular weight excluding hydrogens is 524 g/mol. The van der Waals surface area contributed by atoms with Gasteiger partial charge in [-0.25, -0.2) is 0 Å². The van der Waals surface area contributed by atoms with Crippen molar-refractivity contribution in [3.8, 4) is 0 Å². The fourth-order valence-electron chi connectivity index (χ4n) is 9.65. The lowest BCUT2D eigenvalue weighted by molar-refractivity contribution is -0.178. The lowest BCUT2D eigenvalue weighted by atomic mass is 9.41. The summed E-state index contributed by atoms with van der Waals surface area (Å²) in [6.07, 6.45) is 0.0287. The Kier molecular flexibility index (Phi) is 8.14. The molecule has 2 fully saturated rings. The molecule has 0 aromatic rings. The zero-order chi connectivity index (χ0) is 30.9. The van der Waals surface area contributed by atoms with Crippen molar-refractivity contribution in [3.05, 3.63) is 11.1 Å². The second-order valence-electron chi connectivity index (χ2n) is 14.8. The minimum absolute atomic E-state index is 0.0152. The van der Waals surface area contributed by atoms with Gasteiger partial charge >= 0.3 is 5.97 Å². The van der Waals surface area contributed by atoms with E-state index < -0.39 is 51.9 Å². The van der Waals surface area contributed by atoms with Crippen molar-refractivity contribution in [1.29, 1.82) is 0 Å². The van der Waals surface area contributed by atoms with Gasteiger partial charge in [0, 0.05) is 43.6 Å². The van der Waals surface area contributed by atoms with E-state index in [1.54, 1.807) is 6.92 Å². The van der Waals surface area contributed by atoms with Crippen LogP contribution in [-0.4, -0.2) is 58.1 Å². The molecule has 4 aliphatic rings. The minimum atomic E-state index is -1.28. The number of hydrogen-bond acceptors (Lipinski definition) is 8. The Labute approximate surface area is 243 Å². The van der Waals surface area contributed by atoms with Gasteiger partial charge < -0.3 is 19.7 Å². The summed E-state index contributed by atoms with van der Waals surface area (Å²) >= 11 is 0. The number of esters is 1. The van der Waals surface area contributed by atoms with Gasteiger partial charge in [0.05, 0.1) is 17.6 Å². The molecule has 0 aromatic heterocycles. The van der Waals surface area contributed by atoms with E-state index in [9.17, 15) is 34.2 Å². The van der Waals surface area contributed by atoms with E-state index in [4.69, 9.17) is 4.74 Å². The Morgan fingerprint density at radius 1 is 1.07 bits per heavy atom. The standard InChI is InChI=1S/C33H48O8/c1-17(10-12-34)13-20(36)14-18(2)21-15-25(39)33(8)26-22(37)16-23-30(4,5)24(38)9-11-31(23,6)27(26)28(40)29(32(21,33)7)41-19(3)35/h12,17-18,21-24,29,37-38H,9-11,13-16H2,1-8H3/t17-,18-,21-,22+,23+,24+,29-,31+,32+,33+/m1/s1. The first-order valence-electron chi connectivity index (χ1n) is 15.2. The number of aliphatic hydroxyl groups excluding tert-OH is 2. The number of ether oxygens (including phenoxy) is 1. The average molecular weight is 573 g/mol. The molecule has 4 rings (SSSR count). The van der Waals surface area contributed by atoms with E-state index in [0.717, 1.165) is 6.29 Å². The summed E-state index contributed by atoms with van der Waals surface area (Å²) in [6, 6.07) is 0. The fraction of sp³-hybridized carbons (Fsp3) is 0.788. The maximum atomic E-state index is 14.7. The Hall–Kier alpha value is -2.19. The summed E-state index contributed by atoms with van der Waals surface area (Å²) in [7, 11) is 0. The van der Waals surface area contributed by atoms with Crippen LogP contribution in [0.1, 0.15) is 100 Å². The summed E-state index contributed by atoms with van der Waals surface area (Å²) in [5.74, 6) is -2.19. The first kappa shape index (κ1) is 31.7. The molecule has 0 aromatic carbocycles. The Morgan fingerprint density at radius 2 is 1.71 bits per heavy atom. The van der Waals surface area contributed by atoms with Crippen LogP contribution < -0.4 is 0 Å². The van der Waals surface area contributed by atoms with Crippen LogP contribution in [0.3, 0.4) is 0 Å². The van der Waals surface area contributed by atoms with Crippen LogP contribution in [0.4, 0.5) is 0 Å². The monoisotopic (exact) mass is 572 g/mol. The normalized spacial score (nSPS) is 41.2. The Balaban J connectivity index is 1.86. The molecule has 0 aliphatic heterocycles. The zero-order valence-corrected chi connectivity index (χ0v) is 25.9. The second kappa shape index (κ2) is 10.5. The predicted octanol–water partition coefficient (Wildman–Crippen LogP) is 4.18. The number of ketones is 3. The van der Waals surface area contributed by atoms with E-state index in [0.29, 0.717) is 36.8 Å². The van der Waals surface area contributed by atoms with Crippen molar-refractivity contribution in [2.24, 2.45) is 45.3 Å². The highest BCUT2D eigenvalue weighted by molar-refractivity contribution is 6.08. The van der Waals surface area contributed by atoms with Crippen molar-refractivity contribution in [1.82, 2.24) is 0 Å². The number of Topliss-reactive ketones (excluding diaryl/α,β-unsaturated/α-hetero) is 3. The molecule has 0 saturated heterocycles. The van der Waals surface area contributed by atoms with E-state index >= 15 is 0 Å². The molecule has 0 unspecified atom stereocenters. The lowest BCUT2D eigenvalue weighted by Gasteiger charge is -2.62. The highest BCUT2D eigenvalue weighted by Crippen LogP contribution is 2.71. The average Bonchev–Trinajstić information content (AvgIpc) is 3.07. The maximum absolute atomic E-state index is 14.7. The van der Waals surface area contributed by atoms with E-state index in [2.05, 4.69) is 0 Å². The van der Waals surface area contributed by atoms with Gasteiger partial charge in [-0.05, 0) is 66.3 Å². The minimum Gasteiger partial charge on any atom is -0.454 e. The summed E-state index contributed by atoms with van der Waals surface area (Å²) in [4.78, 5) is 65.3. The summed E-state index contributed by atoms with van der Waals surface area (Å²) < 4.78 is 5.87. The topological polar surface area (TPSA) is 135 Å². The molecule has 8 nitrogen and oxygen atoms in total. The van der Waals surface area contributed by atoms with Gasteiger partial charge in [-0.1, -0.05) is 41.5 Å². The van der Waals surface area contributed by atoms with Crippen molar-refractivity contribution < 1.29 is 38.9 Å². The molecule has 0 radical (unpaired) electrons. The number of hydrogen-bond donors (Lipinski definition) is 2. The van der Waals surface area contributed by atoms with Crippen LogP contribution in [0, 0.1) is 45.3 Å². The first-order valence-corrected chi connectivity index (χ1v) is 15.2. The number of carbonyl (C=O) groups excluding carboxylic acids is 5. The van der Waals surface area contributed by atoms with Gasteiger partial charge in [0.25, 0.3) is 0 Å². The summed E-state index contributed by atoms with van der Waals surface area (Å²) in [6.45, 7) is 14.6. The second-order valence-corrected chi connectivity index (χ2v) is 14.8. The van der Waals surface area contributed by atoms with Crippen molar-refractivity contribution in [2.75, 3.05) is 0 Å². The first-order chi connectivity index (χ1) is 18.9. The molecule has 8 heteroatoms. The smallest absolute Gasteiger partial charge is 0.303 e. The van der Waals surface area contributed by atoms with Crippen LogP contribution in [0.5, 0.6) is 0 Å². The number of fused-ring (bicyclic) bond motifs is 4. The third-order valence-electron chi connectivity index (χ3n) is 12.1. The number of carbonyl (C=O) groups is 5. The Morgan fingerprint density at radius 3 is 2.29 bits per heavy atom. The predicted molar refractivity (Wildman–Crippen MR) is 151 cm³/mol. The van der Waals surface area contributed by atoms with Gasteiger partial charge in [-0.15, -0.1) is 0 Å². The van der Waals surface area contributed by atoms with Crippen LogP contribution in [-0.2, 0) is 28.7 Å². The van der Waals surface area contributed by atoms with Crippen molar-refractivity contribution >= 4 is 29.6 Å². The molecular formula is C33H48O8. The fourth-order valence-corrected chi connectivity index (χ4v) is 9.65. The lowest BCUT2D eigenvalue weighted by Crippen LogP contribution is -2.65. The summed E-state index contributed by atoms with van der Waals surface area (Å²) in [5.41, 5.74) is -2.91. The Bertz CT molecular complexity index is 1180. The molecule has 0 amide bonds. The third kappa shape index (κ3) is 4.50. The van der Waals surface area contributed by atoms with Gasteiger partial charge in [-0.2, -0.15) is 0 Å². The van der Waals surface area contributed by atoms with Gasteiger partial charge in [-0.3, -0.25) is 19.2 Å². The quantitative estimate of drug-likeness (QED) is 0.327. The highest BCUT2D eigenvalue weighted by Gasteiger charge is 2.74. The van der Waals surface area contributed by atoms with Crippen LogP contribution >= 0.6 is 0 Å². The number of aliphatic hydroxyl groups is 2. The summed E-state index contributed by atoms with van der Waals surface area (Å²) in [5, 5.41) is 22.7. The maximum Gasteiger partial charge on any atom is 0.303 e. The number of rotatable bonds is 8. The SMILES string of the molecule is CC(=O)O[C@@H]1C(=O)C2=C([C@@H](O)C[C@H]3C(C)(C)[C@@H](O)CC[C@]23C)[C@]2(C)C(=O)C[C@H]([C@H](C)CC(=O)C[C@H](C)CC=O)[C@@]12C. The van der Waals surface area contributed by atoms with Crippen LogP contribution in [0.25, 0.3) is 0 Å². The molecule has 0 bridgehead atoms. The zero-order valence-electron chi connectivity index (χ0n) is 25.9.